The second-order valence-corrected chi connectivity index (χ2v) is 9.14. The van der Waals surface area contributed by atoms with E-state index >= 15 is 0 Å². The number of likely N-dealkylation sites (tertiary alicyclic amines) is 1. The number of benzene rings is 2. The minimum atomic E-state index is -0.696. The third kappa shape index (κ3) is 3.86. The van der Waals surface area contributed by atoms with Gasteiger partial charge in [0.25, 0.3) is 11.7 Å². The van der Waals surface area contributed by atoms with Crippen LogP contribution in [0.5, 0.6) is 5.75 Å². The highest BCUT2D eigenvalue weighted by atomic mass is 16.5. The van der Waals surface area contributed by atoms with E-state index in [1.54, 1.807) is 18.1 Å². The van der Waals surface area contributed by atoms with Crippen LogP contribution in [0.3, 0.4) is 0 Å². The van der Waals surface area contributed by atoms with Gasteiger partial charge in [0, 0.05) is 40.8 Å². The summed E-state index contributed by atoms with van der Waals surface area (Å²) in [5, 5.41) is 12.4. The summed E-state index contributed by atoms with van der Waals surface area (Å²) in [4.78, 5) is 33.6. The molecule has 0 bridgehead atoms. The minimum absolute atomic E-state index is 0.115. The number of nitrogens with zero attached hydrogens (tertiary/aromatic N) is 2. The number of likely N-dealkylation sites (N-methyl/N-ethyl adjacent to an activating group) is 1. The van der Waals surface area contributed by atoms with E-state index in [9.17, 15) is 14.7 Å². The number of nitrogens with one attached hydrogen (secondary N) is 1. The molecule has 0 saturated carbocycles. The number of methoxy groups -OCH3 is 1. The van der Waals surface area contributed by atoms with Crippen molar-refractivity contribution in [3.63, 3.8) is 0 Å². The summed E-state index contributed by atoms with van der Waals surface area (Å²) in [5.41, 5.74) is 4.83. The summed E-state index contributed by atoms with van der Waals surface area (Å²) < 4.78 is 5.40. The van der Waals surface area contributed by atoms with E-state index in [-0.39, 0.29) is 11.3 Å². The Morgan fingerprint density at radius 3 is 2.50 bits per heavy atom. The summed E-state index contributed by atoms with van der Waals surface area (Å²) in [7, 11) is 5.44. The SMILES string of the molecule is COc1cc(C)c(/C(O)=C2\C(=O)C(=O)N(CCN(C)C)C2c2c(C)[nH]c3ccccc23)cc1C. The Morgan fingerprint density at radius 1 is 1.12 bits per heavy atom. The van der Waals surface area contributed by atoms with Crippen LogP contribution in [-0.4, -0.2) is 65.9 Å². The van der Waals surface area contributed by atoms with Crippen LogP contribution >= 0.6 is 0 Å². The Hall–Kier alpha value is -3.58. The van der Waals surface area contributed by atoms with Crippen LogP contribution in [-0.2, 0) is 9.59 Å². The molecule has 2 heterocycles. The van der Waals surface area contributed by atoms with Gasteiger partial charge in [0.05, 0.1) is 18.7 Å². The van der Waals surface area contributed by atoms with Crippen molar-refractivity contribution >= 4 is 28.4 Å². The normalized spacial score (nSPS) is 17.9. The number of carbonyl (C=O) groups excluding carboxylic acids is 2. The molecule has 1 aliphatic heterocycles. The number of aromatic nitrogens is 1. The zero-order valence-electron chi connectivity index (χ0n) is 20.5. The number of amides is 1. The molecule has 1 atom stereocenters. The maximum atomic E-state index is 13.4. The number of ether oxygens (including phenoxy) is 1. The van der Waals surface area contributed by atoms with Gasteiger partial charge in [0.2, 0.25) is 0 Å². The molecule has 7 heteroatoms. The number of fused-ring (bicyclic) bond motifs is 1. The Bertz CT molecular complexity index is 1320. The topological polar surface area (TPSA) is 85.9 Å². The van der Waals surface area contributed by atoms with E-state index in [0.29, 0.717) is 24.4 Å². The van der Waals surface area contributed by atoms with E-state index in [1.807, 2.05) is 70.1 Å². The lowest BCUT2D eigenvalue weighted by molar-refractivity contribution is -0.140. The molecule has 0 spiro atoms. The predicted molar refractivity (Wildman–Crippen MR) is 133 cm³/mol. The molecule has 4 rings (SSSR count). The fourth-order valence-corrected chi connectivity index (χ4v) is 4.78. The highest BCUT2D eigenvalue weighted by Gasteiger charge is 2.47. The maximum absolute atomic E-state index is 13.4. The number of rotatable bonds is 6. The number of aryl methyl sites for hydroxylation is 3. The number of carbonyl (C=O) groups is 2. The number of aromatic amines is 1. The van der Waals surface area contributed by atoms with Gasteiger partial charge in [-0.25, -0.2) is 0 Å². The van der Waals surface area contributed by atoms with Crippen LogP contribution < -0.4 is 4.74 Å². The Labute approximate surface area is 199 Å². The van der Waals surface area contributed by atoms with Gasteiger partial charge in [0.15, 0.2) is 0 Å². The molecule has 2 aromatic carbocycles. The van der Waals surface area contributed by atoms with Crippen molar-refractivity contribution in [1.82, 2.24) is 14.8 Å². The van der Waals surface area contributed by atoms with Crippen LogP contribution in [0.25, 0.3) is 16.7 Å². The maximum Gasteiger partial charge on any atom is 0.295 e. The number of ketones is 1. The number of H-pyrrole nitrogens is 1. The van der Waals surface area contributed by atoms with Gasteiger partial charge in [-0.1, -0.05) is 18.2 Å². The number of para-hydroxylation sites is 1. The first-order valence-corrected chi connectivity index (χ1v) is 11.3. The fourth-order valence-electron chi connectivity index (χ4n) is 4.78. The van der Waals surface area contributed by atoms with Crippen LogP contribution in [0.4, 0.5) is 0 Å². The second kappa shape index (κ2) is 8.99. The van der Waals surface area contributed by atoms with Gasteiger partial charge in [-0.2, -0.15) is 0 Å². The number of hydrogen-bond acceptors (Lipinski definition) is 5. The van der Waals surface area contributed by atoms with E-state index in [2.05, 4.69) is 4.98 Å². The zero-order valence-corrected chi connectivity index (χ0v) is 20.5. The molecule has 0 radical (unpaired) electrons. The lowest BCUT2D eigenvalue weighted by Crippen LogP contribution is -2.35. The molecular formula is C27H31N3O4. The average molecular weight is 462 g/mol. The smallest absolute Gasteiger partial charge is 0.295 e. The number of aliphatic hydroxyl groups is 1. The second-order valence-electron chi connectivity index (χ2n) is 9.14. The van der Waals surface area contributed by atoms with Crippen molar-refractivity contribution in [2.75, 3.05) is 34.3 Å². The van der Waals surface area contributed by atoms with Gasteiger partial charge in [-0.15, -0.1) is 0 Å². The Kier molecular flexibility index (Phi) is 6.23. The third-order valence-electron chi connectivity index (χ3n) is 6.54. The molecule has 1 aliphatic rings. The average Bonchev–Trinajstić information content (AvgIpc) is 3.25. The molecule has 1 fully saturated rings. The highest BCUT2D eigenvalue weighted by Crippen LogP contribution is 2.44. The first-order valence-electron chi connectivity index (χ1n) is 11.3. The van der Waals surface area contributed by atoms with Crippen molar-refractivity contribution in [3.8, 4) is 5.75 Å². The summed E-state index contributed by atoms with van der Waals surface area (Å²) >= 11 is 0. The van der Waals surface area contributed by atoms with E-state index in [4.69, 9.17) is 4.74 Å². The molecule has 2 N–H and O–H groups in total. The van der Waals surface area contributed by atoms with Crippen LogP contribution in [0.1, 0.15) is 34.0 Å². The molecule has 3 aromatic rings. The standard InChI is InChI=1S/C27H31N3O4/c1-15-14-21(34-6)16(2)13-19(15)25(31)23-24(30(12-11-29(4)5)27(33)26(23)32)22-17(3)28-20-10-8-7-9-18(20)22/h7-10,13-14,24,28,31H,11-12H2,1-6H3/b25-23+. The first kappa shape index (κ1) is 23.6. The Morgan fingerprint density at radius 2 is 1.82 bits per heavy atom. The molecule has 0 aliphatic carbocycles. The van der Waals surface area contributed by atoms with Crippen LogP contribution in [0, 0.1) is 20.8 Å². The highest BCUT2D eigenvalue weighted by molar-refractivity contribution is 6.46. The van der Waals surface area contributed by atoms with Crippen molar-refractivity contribution in [2.45, 2.75) is 26.8 Å². The number of hydrogen-bond donors (Lipinski definition) is 2. The van der Waals surface area contributed by atoms with Crippen molar-refractivity contribution < 1.29 is 19.4 Å². The number of aliphatic hydroxyl groups excluding tert-OH is 1. The molecule has 1 saturated heterocycles. The van der Waals surface area contributed by atoms with Crippen molar-refractivity contribution in [3.05, 3.63) is 69.9 Å². The predicted octanol–water partition coefficient (Wildman–Crippen LogP) is 4.09. The van der Waals surface area contributed by atoms with Gasteiger partial charge < -0.3 is 24.6 Å². The molecule has 178 valence electrons. The summed E-state index contributed by atoms with van der Waals surface area (Å²) in [6, 6.07) is 10.8. The van der Waals surface area contributed by atoms with Crippen LogP contribution in [0.15, 0.2) is 42.0 Å². The summed E-state index contributed by atoms with van der Waals surface area (Å²) in [6.07, 6.45) is 0. The molecule has 7 nitrogen and oxygen atoms in total. The quantitative estimate of drug-likeness (QED) is 0.328. The monoisotopic (exact) mass is 461 g/mol. The minimum Gasteiger partial charge on any atom is -0.507 e. The van der Waals surface area contributed by atoms with Gasteiger partial charge >= 0.3 is 0 Å². The zero-order chi connectivity index (χ0) is 24.7. The molecule has 1 aromatic heterocycles. The molecule has 1 unspecified atom stereocenters. The van der Waals surface area contributed by atoms with E-state index < -0.39 is 17.7 Å². The van der Waals surface area contributed by atoms with E-state index in [1.165, 1.54) is 0 Å². The molecular weight excluding hydrogens is 430 g/mol. The third-order valence-corrected chi connectivity index (χ3v) is 6.54. The number of Topliss-reactive ketones (excluding diaryl/α,β-unsaturated/α-hetero) is 1. The molecule has 1 amide bonds. The Balaban J connectivity index is 1.98. The van der Waals surface area contributed by atoms with Gasteiger partial charge in [-0.3, -0.25) is 9.59 Å². The van der Waals surface area contributed by atoms with Gasteiger partial charge in [-0.05, 0) is 64.2 Å². The lowest BCUT2D eigenvalue weighted by atomic mass is 9.91. The summed E-state index contributed by atoms with van der Waals surface area (Å²) in [5.74, 6) is -0.729. The lowest BCUT2D eigenvalue weighted by Gasteiger charge is -2.27. The van der Waals surface area contributed by atoms with Crippen LogP contribution in [0.2, 0.25) is 0 Å². The van der Waals surface area contributed by atoms with Crippen molar-refractivity contribution in [1.29, 1.82) is 0 Å². The largest absolute Gasteiger partial charge is 0.507 e. The van der Waals surface area contributed by atoms with Crippen molar-refractivity contribution in [2.24, 2.45) is 0 Å². The fraction of sp³-hybridized carbons (Fsp3) is 0.333. The van der Waals surface area contributed by atoms with Gasteiger partial charge in [0.1, 0.15) is 11.5 Å². The first-order chi connectivity index (χ1) is 16.1. The molecule has 34 heavy (non-hydrogen) atoms. The summed E-state index contributed by atoms with van der Waals surface area (Å²) in [6.45, 7) is 6.62. The van der Waals surface area contributed by atoms with E-state index in [0.717, 1.165) is 33.3 Å².